The maximum atomic E-state index is 4.40. The third-order valence-electron chi connectivity index (χ3n) is 4.48. The quantitative estimate of drug-likeness (QED) is 0.589. The van der Waals surface area contributed by atoms with Gasteiger partial charge in [-0.15, -0.1) is 0 Å². The molecular weight excluding hydrogens is 280 g/mol. The lowest BCUT2D eigenvalue weighted by Gasteiger charge is -2.16. The van der Waals surface area contributed by atoms with Gasteiger partial charge in [0.2, 0.25) is 0 Å². The Labute approximate surface area is 138 Å². The van der Waals surface area contributed by atoms with Crippen LogP contribution >= 0.6 is 0 Å². The summed E-state index contributed by atoms with van der Waals surface area (Å²) in [5.41, 5.74) is 7.65. The van der Waals surface area contributed by atoms with Crippen LogP contribution in [0.25, 0.3) is 5.57 Å². The van der Waals surface area contributed by atoms with Crippen molar-refractivity contribution in [1.29, 1.82) is 0 Å². The molecular formula is C21H22N2. The molecule has 0 aromatic heterocycles. The summed E-state index contributed by atoms with van der Waals surface area (Å²) in [4.78, 5) is 0. The van der Waals surface area contributed by atoms with Gasteiger partial charge < -0.3 is 0 Å². The molecule has 0 saturated heterocycles. The van der Waals surface area contributed by atoms with Gasteiger partial charge in [0.25, 0.3) is 0 Å². The third kappa shape index (κ3) is 3.31. The van der Waals surface area contributed by atoms with Crippen molar-refractivity contribution in [3.8, 4) is 0 Å². The lowest BCUT2D eigenvalue weighted by Crippen LogP contribution is -2.00. The predicted octanol–water partition coefficient (Wildman–Crippen LogP) is 6.34. The summed E-state index contributed by atoms with van der Waals surface area (Å²) in [5.74, 6) is 0.474. The minimum atomic E-state index is 0.474. The van der Waals surface area contributed by atoms with Crippen molar-refractivity contribution in [3.05, 3.63) is 82.9 Å². The van der Waals surface area contributed by atoms with Crippen LogP contribution in [0.5, 0.6) is 0 Å². The van der Waals surface area contributed by atoms with Gasteiger partial charge in [-0.2, -0.15) is 10.2 Å². The zero-order chi connectivity index (χ0) is 16.2. The third-order valence-corrected chi connectivity index (χ3v) is 4.48. The molecule has 0 amide bonds. The minimum absolute atomic E-state index is 0.474. The van der Waals surface area contributed by atoms with Gasteiger partial charge in [0.15, 0.2) is 0 Å². The van der Waals surface area contributed by atoms with Gasteiger partial charge in [-0.25, -0.2) is 0 Å². The molecule has 2 heteroatoms. The first-order valence-corrected chi connectivity index (χ1v) is 8.06. The van der Waals surface area contributed by atoms with Crippen LogP contribution in [0.4, 0.5) is 5.69 Å². The zero-order valence-corrected chi connectivity index (χ0v) is 14.0. The molecule has 0 bridgehead atoms. The standard InChI is InChI=1S/C21H22N2/c1-15-13-16(2)21(17(15)3)20-12-8-7-9-18(20)14-22-23-19-10-5-4-6-11-19/h4-13,17H,14H2,1-3H3. The van der Waals surface area contributed by atoms with Crippen molar-refractivity contribution in [2.75, 3.05) is 0 Å². The molecule has 1 aliphatic carbocycles. The van der Waals surface area contributed by atoms with Gasteiger partial charge in [0.05, 0.1) is 12.2 Å². The average Bonchev–Trinajstić information content (AvgIpc) is 2.82. The van der Waals surface area contributed by atoms with E-state index in [0.717, 1.165) is 5.69 Å². The number of allylic oxidation sites excluding steroid dienone is 4. The summed E-state index contributed by atoms with van der Waals surface area (Å²) < 4.78 is 0. The highest BCUT2D eigenvalue weighted by atomic mass is 15.1. The van der Waals surface area contributed by atoms with E-state index in [4.69, 9.17) is 0 Å². The van der Waals surface area contributed by atoms with Gasteiger partial charge in [0, 0.05) is 5.92 Å². The summed E-state index contributed by atoms with van der Waals surface area (Å²) in [7, 11) is 0. The fraction of sp³-hybridized carbons (Fsp3) is 0.238. The highest BCUT2D eigenvalue weighted by Gasteiger charge is 2.22. The first-order valence-electron chi connectivity index (χ1n) is 8.06. The van der Waals surface area contributed by atoms with E-state index in [-0.39, 0.29) is 0 Å². The van der Waals surface area contributed by atoms with Gasteiger partial charge in [-0.1, -0.05) is 61.0 Å². The Kier molecular flexibility index (Phi) is 4.52. The molecule has 2 aromatic rings. The molecule has 0 aliphatic heterocycles. The molecule has 116 valence electrons. The Bertz CT molecular complexity index is 782. The normalized spacial score (nSPS) is 17.9. The fourth-order valence-electron chi connectivity index (χ4n) is 3.17. The summed E-state index contributed by atoms with van der Waals surface area (Å²) in [6.45, 7) is 7.29. The number of azo groups is 1. The second-order valence-corrected chi connectivity index (χ2v) is 6.10. The van der Waals surface area contributed by atoms with Crippen molar-refractivity contribution < 1.29 is 0 Å². The van der Waals surface area contributed by atoms with E-state index < -0.39 is 0 Å². The van der Waals surface area contributed by atoms with Crippen LogP contribution in [0.2, 0.25) is 0 Å². The van der Waals surface area contributed by atoms with Crippen molar-refractivity contribution in [2.45, 2.75) is 27.3 Å². The van der Waals surface area contributed by atoms with Crippen molar-refractivity contribution >= 4 is 11.3 Å². The molecule has 1 aliphatic rings. The topological polar surface area (TPSA) is 24.7 Å². The van der Waals surface area contributed by atoms with Crippen molar-refractivity contribution in [3.63, 3.8) is 0 Å². The van der Waals surface area contributed by atoms with Crippen molar-refractivity contribution in [1.82, 2.24) is 0 Å². The van der Waals surface area contributed by atoms with Crippen LogP contribution in [-0.4, -0.2) is 0 Å². The van der Waals surface area contributed by atoms with E-state index in [0.29, 0.717) is 12.5 Å². The van der Waals surface area contributed by atoms with E-state index in [1.54, 1.807) is 0 Å². The predicted molar refractivity (Wildman–Crippen MR) is 96.6 cm³/mol. The van der Waals surface area contributed by atoms with Crippen LogP contribution in [0.3, 0.4) is 0 Å². The highest BCUT2D eigenvalue weighted by molar-refractivity contribution is 5.79. The Morgan fingerprint density at radius 3 is 2.30 bits per heavy atom. The lowest BCUT2D eigenvalue weighted by molar-refractivity contribution is 0.891. The molecule has 0 saturated carbocycles. The highest BCUT2D eigenvalue weighted by Crippen LogP contribution is 2.39. The fourth-order valence-corrected chi connectivity index (χ4v) is 3.17. The van der Waals surface area contributed by atoms with Crippen LogP contribution < -0.4 is 0 Å². The summed E-state index contributed by atoms with van der Waals surface area (Å²) >= 11 is 0. The molecule has 0 fully saturated rings. The van der Waals surface area contributed by atoms with Gasteiger partial charge in [0.1, 0.15) is 0 Å². The first-order chi connectivity index (χ1) is 11.2. The summed E-state index contributed by atoms with van der Waals surface area (Å²) in [6.07, 6.45) is 2.29. The van der Waals surface area contributed by atoms with E-state index in [1.807, 2.05) is 30.3 Å². The maximum absolute atomic E-state index is 4.40. The Balaban J connectivity index is 1.85. The largest absolute Gasteiger partial charge is 0.184 e. The van der Waals surface area contributed by atoms with Crippen LogP contribution in [0.1, 0.15) is 31.9 Å². The number of nitrogens with zero attached hydrogens (tertiary/aromatic N) is 2. The molecule has 1 atom stereocenters. The minimum Gasteiger partial charge on any atom is -0.184 e. The molecule has 2 nitrogen and oxygen atoms in total. The first kappa shape index (κ1) is 15.4. The number of benzene rings is 2. The second-order valence-electron chi connectivity index (χ2n) is 6.10. The molecule has 23 heavy (non-hydrogen) atoms. The Morgan fingerprint density at radius 2 is 1.61 bits per heavy atom. The zero-order valence-electron chi connectivity index (χ0n) is 14.0. The van der Waals surface area contributed by atoms with E-state index in [9.17, 15) is 0 Å². The average molecular weight is 302 g/mol. The van der Waals surface area contributed by atoms with Crippen LogP contribution in [0.15, 0.2) is 82.0 Å². The Hall–Kier alpha value is -2.48. The van der Waals surface area contributed by atoms with E-state index in [1.165, 1.54) is 27.8 Å². The lowest BCUT2D eigenvalue weighted by atomic mass is 9.89. The molecule has 2 aromatic carbocycles. The molecule has 1 unspecified atom stereocenters. The number of rotatable bonds is 4. The van der Waals surface area contributed by atoms with Gasteiger partial charge >= 0.3 is 0 Å². The number of hydrogen-bond acceptors (Lipinski definition) is 2. The van der Waals surface area contributed by atoms with E-state index in [2.05, 4.69) is 61.3 Å². The molecule has 0 N–H and O–H groups in total. The van der Waals surface area contributed by atoms with Gasteiger partial charge in [-0.05, 0) is 48.3 Å². The molecule has 0 heterocycles. The monoisotopic (exact) mass is 302 g/mol. The smallest absolute Gasteiger partial charge is 0.0859 e. The maximum Gasteiger partial charge on any atom is 0.0859 e. The second kappa shape index (κ2) is 6.74. The number of hydrogen-bond donors (Lipinski definition) is 0. The van der Waals surface area contributed by atoms with Crippen molar-refractivity contribution in [2.24, 2.45) is 16.1 Å². The van der Waals surface area contributed by atoms with E-state index >= 15 is 0 Å². The SMILES string of the molecule is CC1=CC(C)=C(c2ccccc2CN=Nc2ccccc2)C1C. The Morgan fingerprint density at radius 1 is 0.913 bits per heavy atom. The summed E-state index contributed by atoms with van der Waals surface area (Å²) in [5, 5.41) is 8.72. The van der Waals surface area contributed by atoms with Crippen LogP contribution in [-0.2, 0) is 6.54 Å². The molecule has 0 radical (unpaired) electrons. The summed E-state index contributed by atoms with van der Waals surface area (Å²) in [6, 6.07) is 18.4. The molecule has 0 spiro atoms. The van der Waals surface area contributed by atoms with Crippen LogP contribution in [0, 0.1) is 5.92 Å². The van der Waals surface area contributed by atoms with Gasteiger partial charge in [-0.3, -0.25) is 0 Å². The molecule has 3 rings (SSSR count).